The van der Waals surface area contributed by atoms with Crippen LogP contribution in [0.25, 0.3) is 0 Å². The Morgan fingerprint density at radius 2 is 2.00 bits per heavy atom. The van der Waals surface area contributed by atoms with Crippen LogP contribution in [0.2, 0.25) is 10.0 Å². The Balaban J connectivity index is 1.86. The predicted molar refractivity (Wildman–Crippen MR) is 84.3 cm³/mol. The first kappa shape index (κ1) is 16.0. The molecule has 3 rings (SSSR count). The number of hydrogen-bond donors (Lipinski definition) is 1. The minimum Gasteiger partial charge on any atom is -0.478 e. The lowest BCUT2D eigenvalue weighted by molar-refractivity contribution is 0.0692. The highest BCUT2D eigenvalue weighted by Crippen LogP contribution is 2.40. The smallest absolute Gasteiger partial charge is 0.338 e. The van der Waals surface area contributed by atoms with Gasteiger partial charge in [-0.3, -0.25) is 4.98 Å². The summed E-state index contributed by atoms with van der Waals surface area (Å²) in [4.78, 5) is 15.2. The van der Waals surface area contributed by atoms with E-state index in [1.807, 2.05) is 0 Å². The summed E-state index contributed by atoms with van der Waals surface area (Å²) in [7, 11) is 0. The number of benzene rings is 1. The largest absolute Gasteiger partial charge is 0.478 e. The lowest BCUT2D eigenvalue weighted by atomic mass is 9.83. The molecule has 1 N–H and O–H groups in total. The number of hydrogen-bond acceptors (Lipinski definition) is 3. The van der Waals surface area contributed by atoms with Crippen LogP contribution in [-0.4, -0.2) is 16.1 Å². The third kappa shape index (κ3) is 3.26. The van der Waals surface area contributed by atoms with E-state index in [0.29, 0.717) is 16.7 Å². The first-order valence-corrected chi connectivity index (χ1v) is 7.77. The predicted octanol–water partition coefficient (Wildman–Crippen LogP) is 5.29. The molecule has 1 saturated carbocycles. The Bertz CT molecular complexity index is 778. The Morgan fingerprint density at radius 3 is 2.57 bits per heavy atom. The number of halogens is 3. The number of nitrogens with zero attached hydrogens (tertiary/aromatic N) is 1. The zero-order valence-electron chi connectivity index (χ0n) is 11.9. The third-order valence-corrected chi connectivity index (χ3v) is 4.41. The van der Waals surface area contributed by atoms with Gasteiger partial charge in [-0.25, -0.2) is 9.18 Å². The first-order chi connectivity index (χ1) is 11.0. The van der Waals surface area contributed by atoms with Crippen LogP contribution in [0.15, 0.2) is 24.4 Å². The lowest BCUT2D eigenvalue weighted by Gasteiger charge is -2.25. The highest BCUT2D eigenvalue weighted by Gasteiger charge is 2.23. The minimum atomic E-state index is -1.40. The van der Waals surface area contributed by atoms with Gasteiger partial charge in [0.2, 0.25) is 0 Å². The second-order valence-electron chi connectivity index (χ2n) is 5.34. The minimum absolute atomic E-state index is 0.00317. The van der Waals surface area contributed by atoms with Crippen LogP contribution in [0.1, 0.15) is 41.2 Å². The molecule has 1 heterocycles. The number of carbonyl (C=O) groups is 1. The molecule has 1 aromatic heterocycles. The van der Waals surface area contributed by atoms with Crippen molar-refractivity contribution < 1.29 is 19.0 Å². The van der Waals surface area contributed by atoms with Gasteiger partial charge in [-0.05, 0) is 18.9 Å². The molecule has 7 heteroatoms. The summed E-state index contributed by atoms with van der Waals surface area (Å²) in [5, 5.41) is 9.33. The average molecular weight is 356 g/mol. The molecule has 0 bridgehead atoms. The monoisotopic (exact) mass is 355 g/mol. The quantitative estimate of drug-likeness (QED) is 0.809. The number of aromatic carboxylic acids is 1. The fraction of sp³-hybridized carbons (Fsp3) is 0.250. The van der Waals surface area contributed by atoms with Crippen molar-refractivity contribution in [2.45, 2.75) is 25.2 Å². The van der Waals surface area contributed by atoms with Crippen LogP contribution in [0.5, 0.6) is 11.5 Å². The molecule has 0 amide bonds. The summed E-state index contributed by atoms with van der Waals surface area (Å²) >= 11 is 12.2. The standard InChI is InChI=1S/C16H12Cl2FNO3/c17-11-5-10(16(21)22)13(19)6-14(11)23-9-4-12(18)15(20-7-9)8-2-1-3-8/h4-8H,1-3H2,(H,21,22). The van der Waals surface area contributed by atoms with Crippen molar-refractivity contribution in [3.63, 3.8) is 0 Å². The van der Waals surface area contributed by atoms with Gasteiger partial charge in [-0.1, -0.05) is 29.6 Å². The maximum Gasteiger partial charge on any atom is 0.338 e. The number of aromatic nitrogens is 1. The molecule has 0 radical (unpaired) electrons. The van der Waals surface area contributed by atoms with Gasteiger partial charge in [0.25, 0.3) is 0 Å². The molecular formula is C16H12Cl2FNO3. The number of carboxylic acids is 1. The van der Waals surface area contributed by atoms with Crippen LogP contribution in [0.3, 0.4) is 0 Å². The molecule has 1 aliphatic carbocycles. The van der Waals surface area contributed by atoms with E-state index in [1.54, 1.807) is 6.07 Å². The highest BCUT2D eigenvalue weighted by molar-refractivity contribution is 6.32. The Kier molecular flexibility index (Phi) is 4.41. The van der Waals surface area contributed by atoms with Crippen molar-refractivity contribution >= 4 is 29.2 Å². The molecule has 0 spiro atoms. The second-order valence-corrected chi connectivity index (χ2v) is 6.15. The summed E-state index contributed by atoms with van der Waals surface area (Å²) in [6.45, 7) is 0. The van der Waals surface area contributed by atoms with Gasteiger partial charge in [-0.2, -0.15) is 0 Å². The Labute approximate surface area is 141 Å². The van der Waals surface area contributed by atoms with Crippen molar-refractivity contribution in [1.29, 1.82) is 0 Å². The summed E-state index contributed by atoms with van der Waals surface area (Å²) in [5.74, 6) is -1.63. The normalized spacial score (nSPS) is 14.4. The fourth-order valence-corrected chi connectivity index (χ4v) is 2.88. The second kappa shape index (κ2) is 6.34. The molecule has 23 heavy (non-hydrogen) atoms. The molecule has 1 aliphatic rings. The Morgan fingerprint density at radius 1 is 1.26 bits per heavy atom. The maximum absolute atomic E-state index is 13.7. The number of rotatable bonds is 4. The van der Waals surface area contributed by atoms with Crippen LogP contribution in [0.4, 0.5) is 4.39 Å². The molecule has 0 unspecified atom stereocenters. The molecular weight excluding hydrogens is 344 g/mol. The average Bonchev–Trinajstić information content (AvgIpc) is 2.43. The highest BCUT2D eigenvalue weighted by atomic mass is 35.5. The Hall–Kier alpha value is -1.85. The van der Waals surface area contributed by atoms with E-state index in [9.17, 15) is 9.18 Å². The lowest BCUT2D eigenvalue weighted by Crippen LogP contribution is -2.11. The number of pyridine rings is 1. The maximum atomic E-state index is 13.7. The van der Waals surface area contributed by atoms with Gasteiger partial charge < -0.3 is 9.84 Å². The molecule has 1 fully saturated rings. The van der Waals surface area contributed by atoms with Crippen molar-refractivity contribution in [1.82, 2.24) is 4.98 Å². The van der Waals surface area contributed by atoms with Crippen molar-refractivity contribution in [2.75, 3.05) is 0 Å². The van der Waals surface area contributed by atoms with Crippen LogP contribution < -0.4 is 4.74 Å². The number of carboxylic acid groups (broad SMARTS) is 1. The molecule has 0 saturated heterocycles. The zero-order chi connectivity index (χ0) is 16.6. The van der Waals surface area contributed by atoms with E-state index in [4.69, 9.17) is 33.0 Å². The van der Waals surface area contributed by atoms with E-state index in [1.165, 1.54) is 12.6 Å². The number of ether oxygens (including phenoxy) is 1. The first-order valence-electron chi connectivity index (χ1n) is 7.01. The molecule has 0 atom stereocenters. The molecule has 0 aliphatic heterocycles. The molecule has 120 valence electrons. The van der Waals surface area contributed by atoms with Gasteiger partial charge in [0.1, 0.15) is 17.3 Å². The van der Waals surface area contributed by atoms with Crippen molar-refractivity contribution in [3.8, 4) is 11.5 Å². The fourth-order valence-electron chi connectivity index (χ4n) is 2.37. The van der Waals surface area contributed by atoms with E-state index in [2.05, 4.69) is 4.98 Å². The van der Waals surface area contributed by atoms with Crippen LogP contribution >= 0.6 is 23.2 Å². The van der Waals surface area contributed by atoms with E-state index >= 15 is 0 Å². The van der Waals surface area contributed by atoms with E-state index < -0.39 is 17.3 Å². The molecule has 2 aromatic rings. The summed E-state index contributed by atoms with van der Waals surface area (Å²) in [5.41, 5.74) is 0.322. The third-order valence-electron chi connectivity index (χ3n) is 3.82. The van der Waals surface area contributed by atoms with E-state index in [0.717, 1.165) is 30.7 Å². The van der Waals surface area contributed by atoms with Gasteiger partial charge in [0.05, 0.1) is 27.5 Å². The summed E-state index contributed by atoms with van der Waals surface area (Å²) < 4.78 is 19.2. The topological polar surface area (TPSA) is 59.4 Å². The van der Waals surface area contributed by atoms with Gasteiger partial charge in [0, 0.05) is 18.1 Å². The summed E-state index contributed by atoms with van der Waals surface area (Å²) in [6.07, 6.45) is 4.81. The van der Waals surface area contributed by atoms with Gasteiger partial charge in [0.15, 0.2) is 0 Å². The molecule has 4 nitrogen and oxygen atoms in total. The van der Waals surface area contributed by atoms with E-state index in [-0.39, 0.29) is 10.8 Å². The van der Waals surface area contributed by atoms with Gasteiger partial charge in [-0.15, -0.1) is 0 Å². The SMILES string of the molecule is O=C(O)c1cc(Cl)c(Oc2cnc(C3CCC3)c(Cl)c2)cc1F. The van der Waals surface area contributed by atoms with Crippen molar-refractivity contribution in [2.24, 2.45) is 0 Å². The molecule has 1 aromatic carbocycles. The van der Waals surface area contributed by atoms with Crippen LogP contribution in [-0.2, 0) is 0 Å². The zero-order valence-corrected chi connectivity index (χ0v) is 13.4. The van der Waals surface area contributed by atoms with Crippen LogP contribution in [0, 0.1) is 5.82 Å². The van der Waals surface area contributed by atoms with Crippen molar-refractivity contribution in [3.05, 3.63) is 51.5 Å². The summed E-state index contributed by atoms with van der Waals surface area (Å²) in [6, 6.07) is 3.54. The van der Waals surface area contributed by atoms with Gasteiger partial charge >= 0.3 is 5.97 Å².